The Morgan fingerprint density at radius 2 is 2.21 bits per heavy atom. The van der Waals surface area contributed by atoms with Crippen molar-refractivity contribution in [3.63, 3.8) is 0 Å². The minimum atomic E-state index is -0.192. The number of ether oxygens (including phenoxy) is 1. The van der Waals surface area contributed by atoms with Gasteiger partial charge >= 0.3 is 5.97 Å². The first-order chi connectivity index (χ1) is 9.19. The first kappa shape index (κ1) is 13.6. The predicted molar refractivity (Wildman–Crippen MR) is 73.8 cm³/mol. The Morgan fingerprint density at radius 1 is 1.42 bits per heavy atom. The quantitative estimate of drug-likeness (QED) is 0.812. The maximum Gasteiger partial charge on any atom is 0.305 e. The van der Waals surface area contributed by atoms with Crippen LogP contribution in [-0.2, 0) is 16.0 Å². The van der Waals surface area contributed by atoms with E-state index in [1.807, 2.05) is 30.3 Å². The number of hydrogen-bond acceptors (Lipinski definition) is 4. The molecule has 4 heteroatoms. The fraction of sp³-hybridized carbons (Fsp3) is 0.400. The van der Waals surface area contributed by atoms with E-state index in [2.05, 4.69) is 0 Å². The zero-order valence-corrected chi connectivity index (χ0v) is 11.1. The lowest BCUT2D eigenvalue weighted by Crippen LogP contribution is -2.24. The van der Waals surface area contributed by atoms with Crippen LogP contribution in [0.4, 0.5) is 0 Å². The third-order valence-electron chi connectivity index (χ3n) is 2.96. The van der Waals surface area contributed by atoms with Crippen molar-refractivity contribution in [2.75, 3.05) is 6.61 Å². The standard InChI is InChI=1S/C15H19NO3/c1-2-18-15(17)8-7-12(16)10-13-9-11-5-3-4-6-14(11)19-13/h3-6,9,12H,2,7-8,10,16H2,1H3. The summed E-state index contributed by atoms with van der Waals surface area (Å²) in [5.41, 5.74) is 6.87. The summed E-state index contributed by atoms with van der Waals surface area (Å²) in [7, 11) is 0. The van der Waals surface area contributed by atoms with Gasteiger partial charge in [0.1, 0.15) is 11.3 Å². The number of furan rings is 1. The number of fused-ring (bicyclic) bond motifs is 1. The van der Waals surface area contributed by atoms with E-state index in [9.17, 15) is 4.79 Å². The molecule has 1 heterocycles. The minimum Gasteiger partial charge on any atom is -0.466 e. The Bertz CT molecular complexity index is 514. The molecular formula is C15H19NO3. The van der Waals surface area contributed by atoms with Gasteiger partial charge in [-0.2, -0.15) is 0 Å². The van der Waals surface area contributed by atoms with Crippen LogP contribution < -0.4 is 5.73 Å². The van der Waals surface area contributed by atoms with Crippen molar-refractivity contribution in [2.45, 2.75) is 32.2 Å². The van der Waals surface area contributed by atoms with E-state index in [-0.39, 0.29) is 12.0 Å². The molecule has 0 amide bonds. The maximum absolute atomic E-state index is 11.2. The van der Waals surface area contributed by atoms with Gasteiger partial charge in [-0.15, -0.1) is 0 Å². The topological polar surface area (TPSA) is 65.5 Å². The van der Waals surface area contributed by atoms with Crippen LogP contribution in [0.5, 0.6) is 0 Å². The van der Waals surface area contributed by atoms with Crippen LogP contribution in [-0.4, -0.2) is 18.6 Å². The van der Waals surface area contributed by atoms with Crippen LogP contribution in [0.2, 0.25) is 0 Å². The van der Waals surface area contributed by atoms with Crippen molar-refractivity contribution in [3.05, 3.63) is 36.1 Å². The van der Waals surface area contributed by atoms with Crippen LogP contribution in [0, 0.1) is 0 Å². The molecule has 4 nitrogen and oxygen atoms in total. The number of benzene rings is 1. The summed E-state index contributed by atoms with van der Waals surface area (Å²) < 4.78 is 10.6. The van der Waals surface area contributed by atoms with Gasteiger partial charge in [-0.1, -0.05) is 18.2 Å². The molecule has 0 bridgehead atoms. The highest BCUT2D eigenvalue weighted by Gasteiger charge is 2.11. The Labute approximate surface area is 112 Å². The Morgan fingerprint density at radius 3 is 2.95 bits per heavy atom. The van der Waals surface area contributed by atoms with E-state index >= 15 is 0 Å². The van der Waals surface area contributed by atoms with Gasteiger partial charge in [-0.25, -0.2) is 0 Å². The van der Waals surface area contributed by atoms with Crippen molar-refractivity contribution in [1.29, 1.82) is 0 Å². The molecule has 1 aromatic carbocycles. The van der Waals surface area contributed by atoms with E-state index in [1.165, 1.54) is 0 Å². The Balaban J connectivity index is 1.88. The van der Waals surface area contributed by atoms with Crippen molar-refractivity contribution in [1.82, 2.24) is 0 Å². The van der Waals surface area contributed by atoms with Crippen LogP contribution >= 0.6 is 0 Å². The van der Waals surface area contributed by atoms with Crippen molar-refractivity contribution in [3.8, 4) is 0 Å². The number of nitrogens with two attached hydrogens (primary N) is 1. The second-order valence-corrected chi connectivity index (χ2v) is 4.56. The summed E-state index contributed by atoms with van der Waals surface area (Å²) in [5.74, 6) is 0.667. The van der Waals surface area contributed by atoms with Crippen molar-refractivity contribution in [2.24, 2.45) is 5.73 Å². The zero-order chi connectivity index (χ0) is 13.7. The summed E-state index contributed by atoms with van der Waals surface area (Å²) in [5, 5.41) is 1.08. The zero-order valence-electron chi connectivity index (χ0n) is 11.1. The van der Waals surface area contributed by atoms with Crippen molar-refractivity contribution >= 4 is 16.9 Å². The van der Waals surface area contributed by atoms with Crippen LogP contribution in [0.15, 0.2) is 34.7 Å². The molecule has 1 unspecified atom stereocenters. The molecule has 0 saturated carbocycles. The predicted octanol–water partition coefficient (Wildman–Crippen LogP) is 2.65. The molecule has 102 valence electrons. The van der Waals surface area contributed by atoms with Crippen LogP contribution in [0.1, 0.15) is 25.5 Å². The van der Waals surface area contributed by atoms with E-state index in [0.717, 1.165) is 16.7 Å². The lowest BCUT2D eigenvalue weighted by atomic mass is 10.1. The normalized spacial score (nSPS) is 12.5. The van der Waals surface area contributed by atoms with E-state index in [1.54, 1.807) is 6.92 Å². The number of carbonyl (C=O) groups is 1. The molecule has 2 aromatic rings. The van der Waals surface area contributed by atoms with E-state index < -0.39 is 0 Å². The third-order valence-corrected chi connectivity index (χ3v) is 2.96. The molecule has 1 atom stereocenters. The van der Waals surface area contributed by atoms with Gasteiger partial charge in [0.05, 0.1) is 6.61 Å². The molecule has 0 radical (unpaired) electrons. The highest BCUT2D eigenvalue weighted by molar-refractivity contribution is 5.77. The summed E-state index contributed by atoms with van der Waals surface area (Å²) in [6, 6.07) is 9.76. The van der Waals surface area contributed by atoms with Gasteiger partial charge in [0.2, 0.25) is 0 Å². The molecule has 0 aliphatic carbocycles. The molecule has 0 aliphatic rings. The average Bonchev–Trinajstić information content (AvgIpc) is 2.78. The summed E-state index contributed by atoms with van der Waals surface area (Å²) in [4.78, 5) is 11.2. The van der Waals surface area contributed by atoms with Gasteiger partial charge in [0.15, 0.2) is 0 Å². The van der Waals surface area contributed by atoms with Crippen LogP contribution in [0.25, 0.3) is 11.0 Å². The number of esters is 1. The lowest BCUT2D eigenvalue weighted by Gasteiger charge is -2.08. The SMILES string of the molecule is CCOC(=O)CCC(N)Cc1cc2ccccc2o1. The molecular weight excluding hydrogens is 242 g/mol. The highest BCUT2D eigenvalue weighted by Crippen LogP contribution is 2.20. The number of rotatable bonds is 6. The van der Waals surface area contributed by atoms with E-state index in [4.69, 9.17) is 14.9 Å². The Kier molecular flexibility index (Phi) is 4.58. The molecule has 1 aromatic heterocycles. The van der Waals surface area contributed by atoms with Gasteiger partial charge in [-0.3, -0.25) is 4.79 Å². The lowest BCUT2D eigenvalue weighted by molar-refractivity contribution is -0.143. The second-order valence-electron chi connectivity index (χ2n) is 4.56. The fourth-order valence-corrected chi connectivity index (χ4v) is 2.03. The summed E-state index contributed by atoms with van der Waals surface area (Å²) >= 11 is 0. The smallest absolute Gasteiger partial charge is 0.305 e. The maximum atomic E-state index is 11.2. The fourth-order valence-electron chi connectivity index (χ4n) is 2.03. The Hall–Kier alpha value is -1.81. The number of para-hydroxylation sites is 1. The van der Waals surface area contributed by atoms with Gasteiger partial charge < -0.3 is 14.9 Å². The largest absolute Gasteiger partial charge is 0.466 e. The van der Waals surface area contributed by atoms with Gasteiger partial charge in [0, 0.05) is 24.3 Å². The molecule has 0 spiro atoms. The third kappa shape index (κ3) is 3.83. The summed E-state index contributed by atoms with van der Waals surface area (Å²) in [6.45, 7) is 2.21. The number of hydrogen-bond donors (Lipinski definition) is 1. The molecule has 2 rings (SSSR count). The molecule has 2 N–H and O–H groups in total. The minimum absolute atomic E-state index is 0.0926. The van der Waals surface area contributed by atoms with E-state index in [0.29, 0.717) is 25.9 Å². The second kappa shape index (κ2) is 6.38. The first-order valence-electron chi connectivity index (χ1n) is 6.57. The highest BCUT2D eigenvalue weighted by atomic mass is 16.5. The molecule has 0 fully saturated rings. The summed E-state index contributed by atoms with van der Waals surface area (Å²) in [6.07, 6.45) is 1.60. The van der Waals surface area contributed by atoms with Crippen LogP contribution in [0.3, 0.4) is 0 Å². The van der Waals surface area contributed by atoms with Gasteiger partial charge in [0.25, 0.3) is 0 Å². The molecule has 0 saturated heterocycles. The average molecular weight is 261 g/mol. The monoisotopic (exact) mass is 261 g/mol. The van der Waals surface area contributed by atoms with Crippen molar-refractivity contribution < 1.29 is 13.9 Å². The first-order valence-corrected chi connectivity index (χ1v) is 6.57. The molecule has 0 aliphatic heterocycles. The number of carbonyl (C=O) groups excluding carboxylic acids is 1. The molecule has 19 heavy (non-hydrogen) atoms. The van der Waals surface area contributed by atoms with Gasteiger partial charge in [-0.05, 0) is 25.5 Å².